The van der Waals surface area contributed by atoms with Crippen molar-refractivity contribution < 1.29 is 34.7 Å². The van der Waals surface area contributed by atoms with Crippen LogP contribution < -0.4 is 0 Å². The molecular weight excluding hydrogens is 220 g/mol. The molecule has 4 N–H and O–H groups in total. The summed E-state index contributed by atoms with van der Waals surface area (Å²) in [5, 5.41) is 36.9. The molecule has 1 fully saturated rings. The molecule has 1 heterocycles. The molecule has 1 saturated heterocycles. The normalized spacial score (nSPS) is 39.6. The minimum absolute atomic E-state index is 0.0418. The molecule has 16 heavy (non-hydrogen) atoms. The van der Waals surface area contributed by atoms with Gasteiger partial charge in [0.15, 0.2) is 6.29 Å². The first-order valence-corrected chi connectivity index (χ1v) is 4.91. The molecule has 1 aliphatic rings. The lowest BCUT2D eigenvalue weighted by atomic mass is 9.96. The highest BCUT2D eigenvalue weighted by Crippen LogP contribution is 2.24. The molecular formula is C9H16O7. The highest BCUT2D eigenvalue weighted by atomic mass is 16.7. The number of carboxylic acid groups (broad SMARTS) is 1. The van der Waals surface area contributed by atoms with Crippen molar-refractivity contribution in [2.24, 2.45) is 0 Å². The van der Waals surface area contributed by atoms with Gasteiger partial charge in [0.2, 0.25) is 0 Å². The zero-order valence-corrected chi connectivity index (χ0v) is 8.81. The maximum atomic E-state index is 10.4. The van der Waals surface area contributed by atoms with E-state index in [0.29, 0.717) is 0 Å². The standard InChI is InChI=1S/C9H16O7/c1-15-9-8(14)7(13)6(12)4(16-9)2-3-5(10)11/h4,6-9,12-14H,2-3H2,1H3,(H,10,11)/t4-,6-,7+,8+,9+/m1/s1. The van der Waals surface area contributed by atoms with E-state index in [1.807, 2.05) is 0 Å². The van der Waals surface area contributed by atoms with Crippen molar-refractivity contribution in [3.8, 4) is 0 Å². The number of carbonyl (C=O) groups is 1. The Morgan fingerprint density at radius 2 is 1.88 bits per heavy atom. The minimum Gasteiger partial charge on any atom is -0.481 e. The number of aliphatic carboxylic acids is 1. The molecule has 0 aromatic heterocycles. The molecule has 0 bridgehead atoms. The van der Waals surface area contributed by atoms with E-state index >= 15 is 0 Å². The van der Waals surface area contributed by atoms with Gasteiger partial charge < -0.3 is 29.9 Å². The zero-order valence-electron chi connectivity index (χ0n) is 8.81. The Bertz CT molecular complexity index is 242. The fourth-order valence-electron chi connectivity index (χ4n) is 1.62. The summed E-state index contributed by atoms with van der Waals surface area (Å²) in [5.41, 5.74) is 0. The van der Waals surface area contributed by atoms with E-state index in [-0.39, 0.29) is 12.8 Å². The molecule has 7 nitrogen and oxygen atoms in total. The molecule has 0 spiro atoms. The highest BCUT2D eigenvalue weighted by Gasteiger charge is 2.43. The van der Waals surface area contributed by atoms with Crippen molar-refractivity contribution in [3.63, 3.8) is 0 Å². The molecule has 7 heteroatoms. The molecule has 1 aliphatic heterocycles. The van der Waals surface area contributed by atoms with Crippen LogP contribution >= 0.6 is 0 Å². The summed E-state index contributed by atoms with van der Waals surface area (Å²) in [7, 11) is 1.28. The van der Waals surface area contributed by atoms with Gasteiger partial charge in [0.05, 0.1) is 6.10 Å². The average Bonchev–Trinajstić information content (AvgIpc) is 2.25. The summed E-state index contributed by atoms with van der Waals surface area (Å²) in [5.74, 6) is -1.02. The number of aliphatic hydroxyl groups excluding tert-OH is 3. The van der Waals surface area contributed by atoms with Crippen LogP contribution in [0.5, 0.6) is 0 Å². The van der Waals surface area contributed by atoms with Crippen molar-refractivity contribution >= 4 is 5.97 Å². The molecule has 0 aromatic rings. The number of ether oxygens (including phenoxy) is 2. The van der Waals surface area contributed by atoms with Crippen LogP contribution in [-0.2, 0) is 14.3 Å². The minimum atomic E-state index is -1.41. The van der Waals surface area contributed by atoms with Crippen LogP contribution in [0.15, 0.2) is 0 Å². The van der Waals surface area contributed by atoms with Crippen LogP contribution in [0.2, 0.25) is 0 Å². The first kappa shape index (κ1) is 13.3. The average molecular weight is 236 g/mol. The summed E-state index contributed by atoms with van der Waals surface area (Å²) in [4.78, 5) is 10.4. The van der Waals surface area contributed by atoms with E-state index < -0.39 is 36.7 Å². The Labute approximate surface area is 92.2 Å². The maximum absolute atomic E-state index is 10.4. The van der Waals surface area contributed by atoms with Crippen LogP contribution in [0.25, 0.3) is 0 Å². The molecule has 0 radical (unpaired) electrons. The second-order valence-corrected chi connectivity index (χ2v) is 3.68. The molecule has 0 aromatic carbocycles. The molecule has 0 amide bonds. The van der Waals surface area contributed by atoms with Gasteiger partial charge in [0.1, 0.15) is 18.3 Å². The van der Waals surface area contributed by atoms with E-state index in [2.05, 4.69) is 0 Å². The van der Waals surface area contributed by atoms with Gasteiger partial charge in [-0.2, -0.15) is 0 Å². The van der Waals surface area contributed by atoms with Gasteiger partial charge in [-0.1, -0.05) is 0 Å². The lowest BCUT2D eigenvalue weighted by Gasteiger charge is -2.39. The summed E-state index contributed by atoms with van der Waals surface area (Å²) in [6.07, 6.45) is -6.14. The van der Waals surface area contributed by atoms with Crippen molar-refractivity contribution in [1.82, 2.24) is 0 Å². The highest BCUT2D eigenvalue weighted by molar-refractivity contribution is 5.66. The number of aliphatic hydroxyl groups is 3. The van der Waals surface area contributed by atoms with Gasteiger partial charge in [-0.15, -0.1) is 0 Å². The Morgan fingerprint density at radius 1 is 1.25 bits per heavy atom. The van der Waals surface area contributed by atoms with Gasteiger partial charge in [-0.25, -0.2) is 0 Å². The smallest absolute Gasteiger partial charge is 0.303 e. The Morgan fingerprint density at radius 3 is 2.38 bits per heavy atom. The number of rotatable bonds is 4. The number of methoxy groups -OCH3 is 1. The van der Waals surface area contributed by atoms with Crippen LogP contribution in [-0.4, -0.2) is 64.2 Å². The predicted octanol–water partition coefficient (Wildman–Crippen LogP) is -1.69. The van der Waals surface area contributed by atoms with Gasteiger partial charge in [-0.3, -0.25) is 4.79 Å². The van der Waals surface area contributed by atoms with Crippen LogP contribution in [0.4, 0.5) is 0 Å². The SMILES string of the molecule is CO[C@H]1O[C@H](CCC(=O)O)[C@@H](O)[C@H](O)[C@@H]1O. The van der Waals surface area contributed by atoms with Crippen molar-refractivity contribution in [2.75, 3.05) is 7.11 Å². The zero-order chi connectivity index (χ0) is 12.3. The molecule has 0 aliphatic carbocycles. The van der Waals surface area contributed by atoms with Crippen molar-refractivity contribution in [2.45, 2.75) is 43.5 Å². The lowest BCUT2D eigenvalue weighted by Crippen LogP contribution is -2.57. The second kappa shape index (κ2) is 5.55. The number of hydrogen-bond acceptors (Lipinski definition) is 6. The molecule has 0 saturated carbocycles. The van der Waals surface area contributed by atoms with Gasteiger partial charge in [0, 0.05) is 13.5 Å². The van der Waals surface area contributed by atoms with Gasteiger partial charge in [0.25, 0.3) is 0 Å². The van der Waals surface area contributed by atoms with Crippen molar-refractivity contribution in [1.29, 1.82) is 0 Å². The summed E-state index contributed by atoms with van der Waals surface area (Å²) >= 11 is 0. The van der Waals surface area contributed by atoms with Crippen LogP contribution in [0.1, 0.15) is 12.8 Å². The van der Waals surface area contributed by atoms with E-state index in [1.165, 1.54) is 7.11 Å². The summed E-state index contributed by atoms with van der Waals surface area (Å²) < 4.78 is 9.90. The number of hydrogen-bond donors (Lipinski definition) is 4. The van der Waals surface area contributed by atoms with E-state index in [9.17, 15) is 20.1 Å². The first-order valence-electron chi connectivity index (χ1n) is 4.91. The Hall–Kier alpha value is -0.730. The quantitative estimate of drug-likeness (QED) is 0.460. The van der Waals surface area contributed by atoms with Gasteiger partial charge in [-0.05, 0) is 6.42 Å². The molecule has 1 rings (SSSR count). The lowest BCUT2D eigenvalue weighted by molar-refractivity contribution is -0.290. The van der Waals surface area contributed by atoms with Gasteiger partial charge >= 0.3 is 5.97 Å². The third-order valence-electron chi connectivity index (χ3n) is 2.54. The Kier molecular flexibility index (Phi) is 4.63. The first-order chi connectivity index (χ1) is 7.47. The number of carboxylic acids is 1. The third-order valence-corrected chi connectivity index (χ3v) is 2.54. The van der Waals surface area contributed by atoms with E-state index in [0.717, 1.165) is 0 Å². The summed E-state index contributed by atoms with van der Waals surface area (Å²) in [6.45, 7) is 0. The fraction of sp³-hybridized carbons (Fsp3) is 0.889. The largest absolute Gasteiger partial charge is 0.481 e. The summed E-state index contributed by atoms with van der Waals surface area (Å²) in [6, 6.07) is 0. The van der Waals surface area contributed by atoms with Crippen LogP contribution in [0.3, 0.4) is 0 Å². The third kappa shape index (κ3) is 2.89. The molecule has 0 unspecified atom stereocenters. The molecule has 94 valence electrons. The second-order valence-electron chi connectivity index (χ2n) is 3.68. The Balaban J connectivity index is 2.60. The van der Waals surface area contributed by atoms with E-state index in [1.54, 1.807) is 0 Å². The van der Waals surface area contributed by atoms with E-state index in [4.69, 9.17) is 14.6 Å². The molecule has 5 atom stereocenters. The topological polar surface area (TPSA) is 116 Å². The predicted molar refractivity (Wildman–Crippen MR) is 50.6 cm³/mol. The maximum Gasteiger partial charge on any atom is 0.303 e. The van der Waals surface area contributed by atoms with Crippen molar-refractivity contribution in [3.05, 3.63) is 0 Å². The fourth-order valence-corrected chi connectivity index (χ4v) is 1.62. The monoisotopic (exact) mass is 236 g/mol. The van der Waals surface area contributed by atoms with Crippen LogP contribution in [0, 0.1) is 0 Å².